The van der Waals surface area contributed by atoms with Gasteiger partial charge in [0.15, 0.2) is 0 Å². The normalized spacial score (nSPS) is 29.5. The summed E-state index contributed by atoms with van der Waals surface area (Å²) in [4.78, 5) is 27.3. The minimum atomic E-state index is -4.53. The van der Waals surface area contributed by atoms with Crippen molar-refractivity contribution in [1.29, 1.82) is 0 Å². The summed E-state index contributed by atoms with van der Waals surface area (Å²) in [5.41, 5.74) is -0.763. The Labute approximate surface area is 183 Å². The number of hydrogen-bond acceptors (Lipinski definition) is 6. The number of halogens is 4. The molecule has 1 aromatic heterocycles. The van der Waals surface area contributed by atoms with Crippen LogP contribution < -0.4 is 0 Å². The van der Waals surface area contributed by atoms with Gasteiger partial charge in [-0.1, -0.05) is 6.92 Å². The minimum absolute atomic E-state index is 0. The number of aromatic nitrogens is 3. The summed E-state index contributed by atoms with van der Waals surface area (Å²) in [6.07, 6.45) is -1.74. The molecule has 0 aromatic carbocycles. The molecule has 1 atom stereocenters. The SMILES string of the molecule is CC1CC(=O)N(C2(C[N+](=O)[O-])CCC(N3CCn4c(nnc4C(F)(F)F)C3)CC2)C1.Cl. The molecule has 4 rings (SSSR count). The molecular formula is C18H26ClF3N6O3. The Morgan fingerprint density at radius 3 is 2.45 bits per heavy atom. The highest BCUT2D eigenvalue weighted by Crippen LogP contribution is 2.40. The van der Waals surface area contributed by atoms with Gasteiger partial charge in [-0.2, -0.15) is 13.2 Å². The molecule has 1 amide bonds. The number of hydrogen-bond donors (Lipinski definition) is 0. The van der Waals surface area contributed by atoms with Gasteiger partial charge in [0.2, 0.25) is 18.3 Å². The Hall–Kier alpha value is -1.95. The number of nitro groups is 1. The van der Waals surface area contributed by atoms with E-state index in [0.29, 0.717) is 51.0 Å². The average Bonchev–Trinajstić information content (AvgIpc) is 3.24. The van der Waals surface area contributed by atoms with E-state index < -0.39 is 17.5 Å². The van der Waals surface area contributed by atoms with Crippen LogP contribution in [0.5, 0.6) is 0 Å². The molecule has 3 aliphatic rings. The van der Waals surface area contributed by atoms with E-state index in [1.165, 1.54) is 0 Å². The Balaban J connectivity index is 0.00000272. The Kier molecular flexibility index (Phi) is 6.52. The minimum Gasteiger partial charge on any atom is -0.330 e. The van der Waals surface area contributed by atoms with Gasteiger partial charge in [0, 0.05) is 37.0 Å². The smallest absolute Gasteiger partial charge is 0.330 e. The lowest BCUT2D eigenvalue weighted by atomic mass is 9.77. The maximum absolute atomic E-state index is 13.0. The van der Waals surface area contributed by atoms with Gasteiger partial charge in [0.05, 0.1) is 6.54 Å². The van der Waals surface area contributed by atoms with Crippen molar-refractivity contribution in [1.82, 2.24) is 24.6 Å². The van der Waals surface area contributed by atoms with Gasteiger partial charge in [-0.3, -0.25) is 19.8 Å². The monoisotopic (exact) mass is 466 g/mol. The summed E-state index contributed by atoms with van der Waals surface area (Å²) >= 11 is 0. The number of rotatable bonds is 4. The summed E-state index contributed by atoms with van der Waals surface area (Å²) in [6.45, 7) is 3.14. The number of likely N-dealkylation sites (tertiary alicyclic amines) is 1. The van der Waals surface area contributed by atoms with Gasteiger partial charge in [-0.25, -0.2) is 0 Å². The topological polar surface area (TPSA) is 97.4 Å². The lowest BCUT2D eigenvalue weighted by Crippen LogP contribution is -2.58. The Morgan fingerprint density at radius 1 is 1.23 bits per heavy atom. The van der Waals surface area contributed by atoms with E-state index in [1.54, 1.807) is 4.90 Å². The van der Waals surface area contributed by atoms with Crippen LogP contribution in [0, 0.1) is 16.0 Å². The molecule has 1 unspecified atom stereocenters. The Bertz CT molecular complexity index is 840. The molecule has 2 aliphatic heterocycles. The number of carbonyl (C=O) groups is 1. The predicted molar refractivity (Wildman–Crippen MR) is 105 cm³/mol. The third-order valence-electron chi connectivity index (χ3n) is 6.75. The van der Waals surface area contributed by atoms with Gasteiger partial charge in [0.1, 0.15) is 11.4 Å². The highest BCUT2D eigenvalue weighted by molar-refractivity contribution is 5.85. The zero-order valence-corrected chi connectivity index (χ0v) is 18.0. The summed E-state index contributed by atoms with van der Waals surface area (Å²) in [5, 5.41) is 18.4. The average molecular weight is 467 g/mol. The Morgan fingerprint density at radius 2 is 1.90 bits per heavy atom. The van der Waals surface area contributed by atoms with Crippen LogP contribution in [0.15, 0.2) is 0 Å². The maximum Gasteiger partial charge on any atom is 0.451 e. The molecule has 1 saturated carbocycles. The molecule has 1 aromatic rings. The van der Waals surface area contributed by atoms with Crippen LogP contribution >= 0.6 is 12.4 Å². The van der Waals surface area contributed by atoms with Crippen molar-refractivity contribution in [2.75, 3.05) is 19.6 Å². The van der Waals surface area contributed by atoms with Crippen LogP contribution in [0.4, 0.5) is 13.2 Å². The molecule has 0 bridgehead atoms. The second-order valence-corrected chi connectivity index (χ2v) is 8.82. The molecule has 2 fully saturated rings. The molecule has 9 nitrogen and oxygen atoms in total. The first-order chi connectivity index (χ1) is 14.1. The third-order valence-corrected chi connectivity index (χ3v) is 6.75. The van der Waals surface area contributed by atoms with Crippen molar-refractivity contribution in [3.05, 3.63) is 21.8 Å². The maximum atomic E-state index is 13.0. The molecule has 1 aliphatic carbocycles. The molecule has 0 radical (unpaired) electrons. The van der Waals surface area contributed by atoms with Crippen molar-refractivity contribution in [2.45, 2.75) is 69.9 Å². The number of carbonyl (C=O) groups excluding carboxylic acids is 1. The first-order valence-electron chi connectivity index (χ1n) is 10.2. The zero-order valence-electron chi connectivity index (χ0n) is 17.2. The standard InChI is InChI=1S/C18H25F3N6O3.ClH/c1-12-8-15(28)26(9-12)17(11-27(29)30)4-2-13(3-5-17)24-6-7-25-14(10-24)22-23-16(25)18(19,20)21;/h12-13H,2-11H2,1H3;1H. The first kappa shape index (κ1) is 23.7. The molecule has 31 heavy (non-hydrogen) atoms. The van der Waals surface area contributed by atoms with Crippen LogP contribution in [0.2, 0.25) is 0 Å². The number of fused-ring (bicyclic) bond motifs is 1. The number of alkyl halides is 3. The van der Waals surface area contributed by atoms with E-state index in [2.05, 4.69) is 15.1 Å². The molecular weight excluding hydrogens is 441 g/mol. The predicted octanol–water partition coefficient (Wildman–Crippen LogP) is 2.36. The molecule has 174 valence electrons. The van der Waals surface area contributed by atoms with Crippen molar-refractivity contribution in [3.63, 3.8) is 0 Å². The zero-order chi connectivity index (χ0) is 21.7. The first-order valence-corrected chi connectivity index (χ1v) is 10.2. The largest absolute Gasteiger partial charge is 0.451 e. The van der Waals surface area contributed by atoms with Gasteiger partial charge >= 0.3 is 6.18 Å². The summed E-state index contributed by atoms with van der Waals surface area (Å²) in [5.74, 6) is -0.504. The number of amides is 1. The van der Waals surface area contributed by atoms with Crippen molar-refractivity contribution in [2.24, 2.45) is 5.92 Å². The van der Waals surface area contributed by atoms with E-state index in [9.17, 15) is 28.1 Å². The van der Waals surface area contributed by atoms with E-state index in [4.69, 9.17) is 0 Å². The quantitative estimate of drug-likeness (QED) is 0.499. The fraction of sp³-hybridized carbons (Fsp3) is 0.833. The van der Waals surface area contributed by atoms with Crippen molar-refractivity contribution >= 4 is 18.3 Å². The lowest BCUT2D eigenvalue weighted by molar-refractivity contribution is -0.496. The fourth-order valence-electron chi connectivity index (χ4n) is 5.30. The summed E-state index contributed by atoms with van der Waals surface area (Å²) in [6, 6.07) is 0.0970. The van der Waals surface area contributed by atoms with E-state index in [0.717, 1.165) is 4.57 Å². The second kappa shape index (κ2) is 8.53. The van der Waals surface area contributed by atoms with E-state index >= 15 is 0 Å². The van der Waals surface area contributed by atoms with Gasteiger partial charge < -0.3 is 9.47 Å². The highest BCUT2D eigenvalue weighted by atomic mass is 35.5. The van der Waals surface area contributed by atoms with Gasteiger partial charge in [-0.15, -0.1) is 22.6 Å². The third kappa shape index (κ3) is 4.50. The van der Waals surface area contributed by atoms with Crippen LogP contribution in [0.3, 0.4) is 0 Å². The van der Waals surface area contributed by atoms with Gasteiger partial charge in [-0.05, 0) is 31.6 Å². The van der Waals surface area contributed by atoms with E-state index in [1.807, 2.05) is 6.92 Å². The molecule has 13 heteroatoms. The van der Waals surface area contributed by atoms with Gasteiger partial charge in [0.25, 0.3) is 0 Å². The lowest BCUT2D eigenvalue weighted by Gasteiger charge is -2.46. The summed E-state index contributed by atoms with van der Waals surface area (Å²) in [7, 11) is 0. The van der Waals surface area contributed by atoms with Crippen LogP contribution in [0.1, 0.15) is 50.7 Å². The molecule has 1 saturated heterocycles. The van der Waals surface area contributed by atoms with Crippen LogP contribution in [0.25, 0.3) is 0 Å². The summed E-state index contributed by atoms with van der Waals surface area (Å²) < 4.78 is 40.2. The van der Waals surface area contributed by atoms with Crippen molar-refractivity contribution in [3.8, 4) is 0 Å². The number of nitrogens with zero attached hydrogens (tertiary/aromatic N) is 6. The molecule has 3 heterocycles. The van der Waals surface area contributed by atoms with Crippen LogP contribution in [-0.2, 0) is 24.1 Å². The second-order valence-electron chi connectivity index (χ2n) is 8.82. The molecule has 0 spiro atoms. The van der Waals surface area contributed by atoms with Crippen LogP contribution in [-0.4, -0.2) is 66.6 Å². The molecule has 0 N–H and O–H groups in total. The van der Waals surface area contributed by atoms with Crippen molar-refractivity contribution < 1.29 is 22.9 Å². The van der Waals surface area contributed by atoms with E-state index in [-0.39, 0.29) is 54.8 Å². The highest BCUT2D eigenvalue weighted by Gasteiger charge is 2.50. The fourth-order valence-corrected chi connectivity index (χ4v) is 5.30.